The van der Waals surface area contributed by atoms with Gasteiger partial charge in [0.15, 0.2) is 0 Å². The second kappa shape index (κ2) is 4.82. The molecule has 0 bridgehead atoms. The Morgan fingerprint density at radius 2 is 2.12 bits per heavy atom. The van der Waals surface area contributed by atoms with Crippen LogP contribution in [0.5, 0.6) is 0 Å². The van der Waals surface area contributed by atoms with Crippen molar-refractivity contribution in [2.24, 2.45) is 0 Å². The summed E-state index contributed by atoms with van der Waals surface area (Å²) in [6.07, 6.45) is 0. The van der Waals surface area contributed by atoms with Crippen molar-refractivity contribution in [3.05, 3.63) is 23.4 Å². The van der Waals surface area contributed by atoms with Gasteiger partial charge in [-0.05, 0) is 32.9 Å². The largest absolute Gasteiger partial charge is 0.456 e. The third-order valence-electron chi connectivity index (χ3n) is 1.74. The van der Waals surface area contributed by atoms with Crippen LogP contribution in [0.4, 0.5) is 5.82 Å². The lowest BCUT2D eigenvalue weighted by Gasteiger charge is -2.19. The first-order valence-electron chi connectivity index (χ1n) is 4.88. The number of nitrogen functional groups attached to an aromatic ring is 1. The summed E-state index contributed by atoms with van der Waals surface area (Å²) in [6.45, 7) is 5.42. The van der Waals surface area contributed by atoms with Crippen LogP contribution in [0.2, 0.25) is 0 Å². The highest BCUT2D eigenvalue weighted by molar-refractivity contribution is 9.08. The molecule has 0 atom stereocenters. The maximum absolute atomic E-state index is 11.7. The van der Waals surface area contributed by atoms with E-state index in [4.69, 9.17) is 10.5 Å². The van der Waals surface area contributed by atoms with Crippen molar-refractivity contribution in [3.8, 4) is 0 Å². The number of ether oxygens (including phenoxy) is 1. The molecule has 0 aliphatic rings. The van der Waals surface area contributed by atoms with E-state index in [0.29, 0.717) is 10.9 Å². The van der Waals surface area contributed by atoms with E-state index in [1.165, 1.54) is 0 Å². The monoisotopic (exact) mass is 286 g/mol. The fourth-order valence-corrected chi connectivity index (χ4v) is 1.41. The highest BCUT2D eigenvalue weighted by Crippen LogP contribution is 2.17. The van der Waals surface area contributed by atoms with Crippen LogP contribution < -0.4 is 5.73 Å². The molecule has 1 rings (SSSR count). The topological polar surface area (TPSA) is 65.2 Å². The van der Waals surface area contributed by atoms with E-state index in [1.54, 1.807) is 32.9 Å². The van der Waals surface area contributed by atoms with Gasteiger partial charge in [-0.2, -0.15) is 0 Å². The number of pyridine rings is 1. The van der Waals surface area contributed by atoms with E-state index in [9.17, 15) is 4.79 Å². The minimum atomic E-state index is -0.530. The molecule has 88 valence electrons. The molecule has 0 fully saturated rings. The van der Waals surface area contributed by atoms with E-state index >= 15 is 0 Å². The minimum Gasteiger partial charge on any atom is -0.456 e. The smallest absolute Gasteiger partial charge is 0.342 e. The first kappa shape index (κ1) is 13.0. The first-order chi connectivity index (χ1) is 7.33. The Labute approximate surface area is 103 Å². The number of rotatable bonds is 2. The van der Waals surface area contributed by atoms with Gasteiger partial charge in [-0.25, -0.2) is 9.78 Å². The van der Waals surface area contributed by atoms with Gasteiger partial charge in [-0.3, -0.25) is 0 Å². The van der Waals surface area contributed by atoms with Gasteiger partial charge in [0.2, 0.25) is 0 Å². The van der Waals surface area contributed by atoms with E-state index in [-0.39, 0.29) is 5.82 Å². The molecule has 0 saturated heterocycles. The maximum Gasteiger partial charge on any atom is 0.342 e. The number of halogens is 1. The predicted octanol–water partition coefficient (Wildman–Crippen LogP) is 2.51. The lowest BCUT2D eigenvalue weighted by Crippen LogP contribution is -2.24. The van der Waals surface area contributed by atoms with Crippen molar-refractivity contribution in [1.82, 2.24) is 4.98 Å². The third kappa shape index (κ3) is 3.48. The Bertz CT molecular complexity index is 399. The summed E-state index contributed by atoms with van der Waals surface area (Å²) in [5.41, 5.74) is 6.24. The quantitative estimate of drug-likeness (QED) is 0.670. The van der Waals surface area contributed by atoms with Crippen molar-refractivity contribution in [2.45, 2.75) is 31.7 Å². The number of hydrogen-bond acceptors (Lipinski definition) is 4. The summed E-state index contributed by atoms with van der Waals surface area (Å²) in [5.74, 6) is -0.246. The van der Waals surface area contributed by atoms with Crippen LogP contribution in [0.15, 0.2) is 12.1 Å². The zero-order valence-corrected chi connectivity index (χ0v) is 11.2. The second-order valence-corrected chi connectivity index (χ2v) is 4.93. The molecule has 0 aliphatic heterocycles. The van der Waals surface area contributed by atoms with Gasteiger partial charge >= 0.3 is 5.97 Å². The minimum absolute atomic E-state index is 0.200. The lowest BCUT2D eigenvalue weighted by molar-refractivity contribution is 0.00705. The van der Waals surface area contributed by atoms with Crippen molar-refractivity contribution in [2.75, 3.05) is 5.73 Å². The number of nitrogens with zero attached hydrogens (tertiary/aromatic N) is 1. The number of nitrogens with two attached hydrogens (primary N) is 1. The fraction of sp³-hybridized carbons (Fsp3) is 0.455. The predicted molar refractivity (Wildman–Crippen MR) is 66.4 cm³/mol. The van der Waals surface area contributed by atoms with Crippen molar-refractivity contribution in [1.29, 1.82) is 0 Å². The number of esters is 1. The maximum atomic E-state index is 11.7. The third-order valence-corrected chi connectivity index (χ3v) is 2.31. The molecule has 5 heteroatoms. The van der Waals surface area contributed by atoms with E-state index in [1.807, 2.05) is 0 Å². The van der Waals surface area contributed by atoms with Gasteiger partial charge in [0.25, 0.3) is 0 Å². The summed E-state index contributed by atoms with van der Waals surface area (Å²) < 4.78 is 5.21. The summed E-state index contributed by atoms with van der Waals surface area (Å²) in [5, 5.41) is 0.603. The molecule has 0 saturated carbocycles. The lowest BCUT2D eigenvalue weighted by atomic mass is 10.2. The number of aromatic nitrogens is 1. The van der Waals surface area contributed by atoms with Crippen LogP contribution in [0, 0.1) is 0 Å². The van der Waals surface area contributed by atoms with Crippen molar-refractivity contribution in [3.63, 3.8) is 0 Å². The molecule has 16 heavy (non-hydrogen) atoms. The Morgan fingerprint density at radius 1 is 1.50 bits per heavy atom. The molecule has 4 nitrogen and oxygen atoms in total. The molecule has 0 spiro atoms. The summed E-state index contributed by atoms with van der Waals surface area (Å²) >= 11 is 3.27. The van der Waals surface area contributed by atoms with Crippen LogP contribution in [0.1, 0.15) is 36.8 Å². The molecule has 0 aliphatic carbocycles. The Balaban J connectivity index is 2.93. The highest BCUT2D eigenvalue weighted by atomic mass is 79.9. The van der Waals surface area contributed by atoms with Crippen molar-refractivity contribution >= 4 is 27.7 Å². The Morgan fingerprint density at radius 3 is 2.56 bits per heavy atom. The first-order valence-corrected chi connectivity index (χ1v) is 6.00. The number of carbonyl (C=O) groups excluding carboxylic acids is 1. The zero-order valence-electron chi connectivity index (χ0n) is 9.58. The summed E-state index contributed by atoms with van der Waals surface area (Å²) in [4.78, 5) is 15.8. The number of alkyl halides is 1. The van der Waals surface area contributed by atoms with Gasteiger partial charge in [-0.15, -0.1) is 0 Å². The number of hydrogen-bond donors (Lipinski definition) is 1. The number of anilines is 1. The molecule has 1 aromatic rings. The fourth-order valence-electron chi connectivity index (χ4n) is 1.10. The normalized spacial score (nSPS) is 11.2. The van der Waals surface area contributed by atoms with E-state index in [2.05, 4.69) is 20.9 Å². The molecule has 0 radical (unpaired) electrons. The average Bonchev–Trinajstić information content (AvgIpc) is 2.14. The van der Waals surface area contributed by atoms with Gasteiger partial charge in [0.1, 0.15) is 17.0 Å². The molecule has 0 aromatic carbocycles. The van der Waals surface area contributed by atoms with Gasteiger partial charge < -0.3 is 10.5 Å². The molecule has 2 N–H and O–H groups in total. The second-order valence-electron chi connectivity index (χ2n) is 4.37. The standard InChI is InChI=1S/C11H15BrN2O2/c1-11(2,3)16-10(15)8-5-4-7(6-12)14-9(8)13/h4-5H,6H2,1-3H3,(H2,13,14). The van der Waals surface area contributed by atoms with Crippen LogP contribution in [-0.4, -0.2) is 16.6 Å². The molecule has 1 heterocycles. The zero-order chi connectivity index (χ0) is 12.3. The van der Waals surface area contributed by atoms with Gasteiger partial charge in [-0.1, -0.05) is 15.9 Å². The van der Waals surface area contributed by atoms with Crippen LogP contribution in [-0.2, 0) is 10.1 Å². The Hall–Kier alpha value is -1.10. The number of carbonyl (C=O) groups is 1. The molecule has 0 amide bonds. The summed E-state index contributed by atoms with van der Waals surface area (Å²) in [6, 6.07) is 3.37. The highest BCUT2D eigenvalue weighted by Gasteiger charge is 2.20. The molecular weight excluding hydrogens is 272 g/mol. The SMILES string of the molecule is CC(C)(C)OC(=O)c1ccc(CBr)nc1N. The van der Waals surface area contributed by atoms with Crippen molar-refractivity contribution < 1.29 is 9.53 Å². The van der Waals surface area contributed by atoms with Gasteiger partial charge in [0, 0.05) is 5.33 Å². The Kier molecular flexibility index (Phi) is 3.91. The van der Waals surface area contributed by atoms with Gasteiger partial charge in [0.05, 0.1) is 5.69 Å². The van der Waals surface area contributed by atoms with E-state index < -0.39 is 11.6 Å². The molecule has 0 unspecified atom stereocenters. The van der Waals surface area contributed by atoms with E-state index in [0.717, 1.165) is 5.69 Å². The van der Waals surface area contributed by atoms with Crippen LogP contribution >= 0.6 is 15.9 Å². The molecular formula is C11H15BrN2O2. The van der Waals surface area contributed by atoms with Crippen LogP contribution in [0.3, 0.4) is 0 Å². The molecule has 1 aromatic heterocycles. The summed E-state index contributed by atoms with van der Waals surface area (Å²) in [7, 11) is 0. The van der Waals surface area contributed by atoms with Crippen LogP contribution in [0.25, 0.3) is 0 Å². The average molecular weight is 287 g/mol.